The van der Waals surface area contributed by atoms with Gasteiger partial charge in [-0.15, -0.1) is 0 Å². The van der Waals surface area contributed by atoms with E-state index in [1.807, 2.05) is 0 Å². The zero-order valence-corrected chi connectivity index (χ0v) is 26.0. The van der Waals surface area contributed by atoms with Crippen molar-refractivity contribution in [2.75, 3.05) is 0 Å². The van der Waals surface area contributed by atoms with Gasteiger partial charge in [0.1, 0.15) is 0 Å². The van der Waals surface area contributed by atoms with Crippen LogP contribution in [0.5, 0.6) is 0 Å². The molecule has 200 valence electrons. The Morgan fingerprint density at radius 2 is 1.00 bits per heavy atom. The molecular weight excluding hydrogens is 456 g/mol. The van der Waals surface area contributed by atoms with Gasteiger partial charge >= 0.3 is 0 Å². The molecule has 0 amide bonds. The molecule has 0 heterocycles. The van der Waals surface area contributed by atoms with Crippen LogP contribution in [0.2, 0.25) is 0 Å². The van der Waals surface area contributed by atoms with E-state index >= 15 is 0 Å². The Morgan fingerprint density at radius 3 is 1.47 bits per heavy atom. The minimum atomic E-state index is 0.149. The average molecular weight is 505 g/mol. The smallest absolute Gasteiger partial charge is 0.0102 e. The highest BCUT2D eigenvalue weighted by Gasteiger charge is 2.35. The number of rotatable bonds is 3. The van der Waals surface area contributed by atoms with Gasteiger partial charge in [-0.05, 0) is 138 Å². The van der Waals surface area contributed by atoms with Crippen molar-refractivity contribution in [3.8, 4) is 11.1 Å². The maximum absolute atomic E-state index is 2.54. The Balaban J connectivity index is 1.60. The average Bonchev–Trinajstić information content (AvgIpc) is 3.29. The lowest BCUT2D eigenvalue weighted by Crippen LogP contribution is -2.13. The third kappa shape index (κ3) is 4.11. The summed E-state index contributed by atoms with van der Waals surface area (Å²) in [6.07, 6.45) is 2.38. The number of hydrogen-bond acceptors (Lipinski definition) is 0. The Hall–Kier alpha value is -2.60. The van der Waals surface area contributed by atoms with Crippen molar-refractivity contribution in [2.24, 2.45) is 0 Å². The van der Waals surface area contributed by atoms with Gasteiger partial charge in [0.25, 0.3) is 0 Å². The summed E-state index contributed by atoms with van der Waals surface area (Å²) in [5, 5.41) is 0. The highest BCUT2D eigenvalue weighted by Crippen LogP contribution is 2.53. The molecule has 0 radical (unpaired) electrons. The predicted octanol–water partition coefficient (Wildman–Crippen LogP) is 11.0. The monoisotopic (exact) mass is 504 g/mol. The van der Waals surface area contributed by atoms with E-state index in [9.17, 15) is 0 Å². The van der Waals surface area contributed by atoms with Crippen LogP contribution in [-0.2, 0) is 10.8 Å². The SMILES string of the molecule is CC1=C(C)C(CCC2c3cc(C(C)(C)C)ccc3-c3ccc(C(C)(C)C)cc32)c2c(C)c(C)c(C)c(C)c21. The second kappa shape index (κ2) is 8.97. The summed E-state index contributed by atoms with van der Waals surface area (Å²) in [7, 11) is 0. The van der Waals surface area contributed by atoms with Gasteiger partial charge in [-0.2, -0.15) is 0 Å². The largest absolute Gasteiger partial charge is 0.0623 e. The van der Waals surface area contributed by atoms with Gasteiger partial charge in [0, 0.05) is 11.8 Å². The van der Waals surface area contributed by atoms with Crippen LogP contribution in [0.15, 0.2) is 42.0 Å². The topological polar surface area (TPSA) is 0 Å². The molecule has 0 saturated heterocycles. The minimum absolute atomic E-state index is 0.149. The Morgan fingerprint density at radius 1 is 0.553 bits per heavy atom. The Bertz CT molecular complexity index is 1410. The molecule has 0 heteroatoms. The molecule has 2 aliphatic carbocycles. The maximum atomic E-state index is 2.54. The van der Waals surface area contributed by atoms with Gasteiger partial charge in [0.2, 0.25) is 0 Å². The van der Waals surface area contributed by atoms with Crippen LogP contribution in [-0.4, -0.2) is 0 Å². The molecule has 3 aromatic carbocycles. The van der Waals surface area contributed by atoms with Gasteiger partial charge in [0.05, 0.1) is 0 Å². The highest BCUT2D eigenvalue weighted by atomic mass is 14.4. The minimum Gasteiger partial charge on any atom is -0.0623 e. The lowest BCUT2D eigenvalue weighted by atomic mass is 9.79. The molecule has 0 nitrogen and oxygen atoms in total. The normalized spacial score (nSPS) is 17.2. The quantitative estimate of drug-likeness (QED) is 0.333. The first-order valence-electron chi connectivity index (χ1n) is 14.7. The summed E-state index contributed by atoms with van der Waals surface area (Å²) in [5.41, 5.74) is 21.4. The van der Waals surface area contributed by atoms with Gasteiger partial charge in [0.15, 0.2) is 0 Å². The van der Waals surface area contributed by atoms with Crippen LogP contribution >= 0.6 is 0 Å². The van der Waals surface area contributed by atoms with Crippen LogP contribution in [0.25, 0.3) is 16.7 Å². The van der Waals surface area contributed by atoms with Gasteiger partial charge in [-0.1, -0.05) is 83.5 Å². The number of fused-ring (bicyclic) bond motifs is 4. The third-order valence-corrected chi connectivity index (χ3v) is 10.2. The molecule has 2 aliphatic rings. The molecule has 1 unspecified atom stereocenters. The van der Waals surface area contributed by atoms with Crippen molar-refractivity contribution >= 4 is 5.57 Å². The molecule has 0 saturated carbocycles. The highest BCUT2D eigenvalue weighted by molar-refractivity contribution is 5.82. The van der Waals surface area contributed by atoms with Crippen molar-refractivity contribution < 1.29 is 0 Å². The van der Waals surface area contributed by atoms with Gasteiger partial charge in [-0.25, -0.2) is 0 Å². The van der Waals surface area contributed by atoms with Crippen molar-refractivity contribution in [3.63, 3.8) is 0 Å². The second-order valence-electron chi connectivity index (χ2n) is 14.4. The van der Waals surface area contributed by atoms with E-state index in [1.54, 1.807) is 27.8 Å². The van der Waals surface area contributed by atoms with E-state index < -0.39 is 0 Å². The number of allylic oxidation sites excluding steroid dienone is 2. The molecule has 1 atom stereocenters. The molecule has 0 aliphatic heterocycles. The molecule has 0 N–H and O–H groups in total. The van der Waals surface area contributed by atoms with E-state index in [0.29, 0.717) is 11.8 Å². The maximum Gasteiger partial charge on any atom is 0.0102 e. The Labute approximate surface area is 232 Å². The summed E-state index contributed by atoms with van der Waals surface area (Å²) in [6.45, 7) is 28.1. The fourth-order valence-electron chi connectivity index (χ4n) is 7.23. The lowest BCUT2D eigenvalue weighted by molar-refractivity contribution is 0.581. The van der Waals surface area contributed by atoms with E-state index in [0.717, 1.165) is 0 Å². The first-order chi connectivity index (χ1) is 17.6. The summed E-state index contributed by atoms with van der Waals surface area (Å²) in [5.74, 6) is 0.974. The molecule has 38 heavy (non-hydrogen) atoms. The van der Waals surface area contributed by atoms with Crippen LogP contribution in [0.1, 0.15) is 136 Å². The van der Waals surface area contributed by atoms with Crippen molar-refractivity contribution in [2.45, 2.75) is 119 Å². The predicted molar refractivity (Wildman–Crippen MR) is 167 cm³/mol. The standard InChI is InChI=1S/C38H48/c1-21-22(2)25(5)36-29(23(3)26(6)35(36)24(21)4)17-18-32-33-19-27(37(7,8)9)13-15-30(33)31-16-14-28(20-34(31)32)38(10,11)12/h13-16,19-20,29,32H,17-18H2,1-12H3. The first kappa shape index (κ1) is 27.0. The summed E-state index contributed by atoms with van der Waals surface area (Å²) < 4.78 is 0. The zero-order chi connectivity index (χ0) is 27.9. The molecule has 3 aromatic rings. The van der Waals surface area contributed by atoms with Crippen molar-refractivity contribution in [1.29, 1.82) is 0 Å². The summed E-state index contributed by atoms with van der Waals surface area (Å²) in [4.78, 5) is 0. The third-order valence-electron chi connectivity index (χ3n) is 10.2. The van der Waals surface area contributed by atoms with E-state index in [1.165, 1.54) is 62.9 Å². The fourth-order valence-corrected chi connectivity index (χ4v) is 7.23. The molecule has 5 rings (SSSR count). The van der Waals surface area contributed by atoms with Crippen LogP contribution in [0.3, 0.4) is 0 Å². The Kier molecular flexibility index (Phi) is 6.37. The fraction of sp³-hybridized carbons (Fsp3) is 0.474. The second-order valence-corrected chi connectivity index (χ2v) is 14.4. The molecule has 0 fully saturated rings. The lowest BCUT2D eigenvalue weighted by Gasteiger charge is -2.25. The molecule has 0 spiro atoms. The van der Waals surface area contributed by atoms with E-state index in [2.05, 4.69) is 119 Å². The van der Waals surface area contributed by atoms with Crippen molar-refractivity contribution in [1.82, 2.24) is 0 Å². The summed E-state index contributed by atoms with van der Waals surface area (Å²) >= 11 is 0. The van der Waals surface area contributed by atoms with Crippen LogP contribution in [0.4, 0.5) is 0 Å². The molecule has 0 bridgehead atoms. The molecule has 0 aromatic heterocycles. The van der Waals surface area contributed by atoms with E-state index in [-0.39, 0.29) is 10.8 Å². The molecular formula is C38H48. The summed E-state index contributed by atoms with van der Waals surface area (Å²) in [6, 6.07) is 14.6. The first-order valence-corrected chi connectivity index (χ1v) is 14.7. The van der Waals surface area contributed by atoms with Gasteiger partial charge in [-0.3, -0.25) is 0 Å². The van der Waals surface area contributed by atoms with Crippen molar-refractivity contribution in [3.05, 3.63) is 97.6 Å². The van der Waals surface area contributed by atoms with Crippen LogP contribution < -0.4 is 0 Å². The zero-order valence-electron chi connectivity index (χ0n) is 26.0. The van der Waals surface area contributed by atoms with Crippen LogP contribution in [0, 0.1) is 27.7 Å². The number of benzene rings is 3. The van der Waals surface area contributed by atoms with Gasteiger partial charge < -0.3 is 0 Å². The number of hydrogen-bond donors (Lipinski definition) is 0. The van der Waals surface area contributed by atoms with E-state index in [4.69, 9.17) is 0 Å².